The molecule has 0 radical (unpaired) electrons. The number of hydrogen-bond donors (Lipinski definition) is 2. The van der Waals surface area contributed by atoms with Gasteiger partial charge in [-0.1, -0.05) is 18.2 Å². The molecule has 2 aliphatic rings. The number of carbonyl (C=O) groups is 2. The Morgan fingerprint density at radius 3 is 2.32 bits per heavy atom. The van der Waals surface area contributed by atoms with Crippen LogP contribution >= 0.6 is 0 Å². The van der Waals surface area contributed by atoms with Crippen LogP contribution in [0, 0.1) is 5.82 Å². The Kier molecular flexibility index (Phi) is 6.06. The van der Waals surface area contributed by atoms with Crippen molar-refractivity contribution in [2.45, 2.75) is 42.7 Å². The zero-order valence-electron chi connectivity index (χ0n) is 16.9. The van der Waals surface area contributed by atoms with Gasteiger partial charge in [-0.25, -0.2) is 17.5 Å². The molecule has 2 N–H and O–H groups in total. The molecule has 2 aromatic carbocycles. The van der Waals surface area contributed by atoms with Crippen LogP contribution in [0.2, 0.25) is 0 Å². The number of sulfonamides is 1. The van der Waals surface area contributed by atoms with E-state index < -0.39 is 15.8 Å². The van der Waals surface area contributed by atoms with Crippen LogP contribution in [0.25, 0.3) is 0 Å². The fourth-order valence-corrected chi connectivity index (χ4v) is 4.94. The molecule has 0 aromatic heterocycles. The quantitative estimate of drug-likeness (QED) is 0.713. The Labute approximate surface area is 180 Å². The Morgan fingerprint density at radius 1 is 0.935 bits per heavy atom. The van der Waals surface area contributed by atoms with Crippen molar-refractivity contribution in [2.75, 3.05) is 13.1 Å². The summed E-state index contributed by atoms with van der Waals surface area (Å²) >= 11 is 0. The highest BCUT2D eigenvalue weighted by Crippen LogP contribution is 2.23. The summed E-state index contributed by atoms with van der Waals surface area (Å²) in [6.45, 7) is 0.801. The average molecular weight is 446 g/mol. The molecule has 0 bridgehead atoms. The largest absolute Gasteiger partial charge is 0.349 e. The molecular formula is C22H24FN3O4S. The lowest BCUT2D eigenvalue weighted by atomic mass is 10.0. The van der Waals surface area contributed by atoms with Gasteiger partial charge in [-0.15, -0.1) is 0 Å². The van der Waals surface area contributed by atoms with Crippen molar-refractivity contribution in [3.8, 4) is 0 Å². The van der Waals surface area contributed by atoms with E-state index in [1.165, 1.54) is 30.3 Å². The molecule has 0 atom stereocenters. The topological polar surface area (TPSA) is 95.6 Å². The maximum atomic E-state index is 13.9. The summed E-state index contributed by atoms with van der Waals surface area (Å²) in [5.74, 6) is -1.26. The van der Waals surface area contributed by atoms with E-state index in [1.807, 2.05) is 0 Å². The number of benzene rings is 2. The molecule has 9 heteroatoms. The van der Waals surface area contributed by atoms with Crippen LogP contribution in [0.1, 0.15) is 46.4 Å². The number of rotatable bonds is 6. The number of piperidine rings is 1. The normalized spacial score (nSPS) is 17.4. The van der Waals surface area contributed by atoms with Gasteiger partial charge < -0.3 is 10.2 Å². The van der Waals surface area contributed by atoms with Crippen LogP contribution in [0.4, 0.5) is 4.39 Å². The Morgan fingerprint density at radius 2 is 1.65 bits per heavy atom. The molecule has 2 aromatic rings. The lowest BCUT2D eigenvalue weighted by Crippen LogP contribution is -2.46. The number of amides is 2. The van der Waals surface area contributed by atoms with Gasteiger partial charge in [0.2, 0.25) is 10.0 Å². The summed E-state index contributed by atoms with van der Waals surface area (Å²) in [4.78, 5) is 26.8. The summed E-state index contributed by atoms with van der Waals surface area (Å²) < 4.78 is 41.2. The van der Waals surface area contributed by atoms with E-state index in [0.29, 0.717) is 25.9 Å². The van der Waals surface area contributed by atoms with Gasteiger partial charge in [-0.05, 0) is 56.0 Å². The fourth-order valence-electron chi connectivity index (χ4n) is 3.59. The predicted molar refractivity (Wildman–Crippen MR) is 113 cm³/mol. The van der Waals surface area contributed by atoms with E-state index >= 15 is 0 Å². The third-order valence-electron chi connectivity index (χ3n) is 5.53. The smallest absolute Gasteiger partial charge is 0.256 e. The van der Waals surface area contributed by atoms with Crippen LogP contribution < -0.4 is 10.0 Å². The van der Waals surface area contributed by atoms with Crippen molar-refractivity contribution in [1.82, 2.24) is 14.9 Å². The second-order valence-electron chi connectivity index (χ2n) is 7.94. The second kappa shape index (κ2) is 8.76. The van der Waals surface area contributed by atoms with Crippen LogP contribution in [0.5, 0.6) is 0 Å². The molecule has 7 nitrogen and oxygen atoms in total. The van der Waals surface area contributed by atoms with Gasteiger partial charge in [0, 0.05) is 30.7 Å². The van der Waals surface area contributed by atoms with Gasteiger partial charge in [0.05, 0.1) is 10.5 Å². The summed E-state index contributed by atoms with van der Waals surface area (Å²) in [6, 6.07) is 11.7. The SMILES string of the molecule is O=C(NC1CCN(C(=O)c2ccccc2F)CC1)c1cccc(S(=O)(=O)NC2CC2)c1. The third-order valence-corrected chi connectivity index (χ3v) is 7.05. The summed E-state index contributed by atoms with van der Waals surface area (Å²) in [5, 5.41) is 2.91. The van der Waals surface area contributed by atoms with Crippen LogP contribution in [0.15, 0.2) is 53.4 Å². The zero-order valence-corrected chi connectivity index (χ0v) is 17.7. The monoisotopic (exact) mass is 445 g/mol. The Balaban J connectivity index is 1.35. The molecule has 1 aliphatic heterocycles. The van der Waals surface area contributed by atoms with E-state index in [9.17, 15) is 22.4 Å². The Bertz CT molecular complexity index is 1090. The van der Waals surface area contributed by atoms with E-state index in [1.54, 1.807) is 23.1 Å². The van der Waals surface area contributed by atoms with Crippen molar-refractivity contribution in [1.29, 1.82) is 0 Å². The molecule has 1 saturated heterocycles. The molecule has 2 fully saturated rings. The van der Waals surface area contributed by atoms with Gasteiger partial charge in [0.1, 0.15) is 5.82 Å². The van der Waals surface area contributed by atoms with E-state index in [-0.39, 0.29) is 39.9 Å². The molecule has 1 aliphatic carbocycles. The van der Waals surface area contributed by atoms with Crippen LogP contribution in [0.3, 0.4) is 0 Å². The Hall–Kier alpha value is -2.78. The first-order valence-corrected chi connectivity index (χ1v) is 11.8. The van der Waals surface area contributed by atoms with Crippen molar-refractivity contribution in [3.63, 3.8) is 0 Å². The molecule has 164 valence electrons. The maximum Gasteiger partial charge on any atom is 0.256 e. The second-order valence-corrected chi connectivity index (χ2v) is 9.66. The highest BCUT2D eigenvalue weighted by atomic mass is 32.2. The van der Waals surface area contributed by atoms with Crippen molar-refractivity contribution in [2.24, 2.45) is 0 Å². The molecule has 4 rings (SSSR count). The lowest BCUT2D eigenvalue weighted by molar-refractivity contribution is 0.0693. The van der Waals surface area contributed by atoms with Crippen molar-refractivity contribution >= 4 is 21.8 Å². The zero-order chi connectivity index (χ0) is 22.0. The molecule has 1 heterocycles. The maximum absolute atomic E-state index is 13.9. The first-order valence-electron chi connectivity index (χ1n) is 10.3. The minimum Gasteiger partial charge on any atom is -0.349 e. The van der Waals surface area contributed by atoms with Gasteiger partial charge in [0.25, 0.3) is 11.8 Å². The summed E-state index contributed by atoms with van der Waals surface area (Å²) in [6.07, 6.45) is 2.73. The van der Waals surface area contributed by atoms with Crippen LogP contribution in [-0.2, 0) is 10.0 Å². The van der Waals surface area contributed by atoms with E-state index in [0.717, 1.165) is 12.8 Å². The first-order chi connectivity index (χ1) is 14.8. The van der Waals surface area contributed by atoms with Crippen LogP contribution in [-0.4, -0.2) is 50.3 Å². The molecule has 0 spiro atoms. The first kappa shape index (κ1) is 21.5. The molecular weight excluding hydrogens is 421 g/mol. The summed E-state index contributed by atoms with van der Waals surface area (Å²) in [5.41, 5.74) is 0.311. The average Bonchev–Trinajstić information content (AvgIpc) is 3.57. The number of hydrogen-bond acceptors (Lipinski definition) is 4. The third kappa shape index (κ3) is 5.11. The van der Waals surface area contributed by atoms with Gasteiger partial charge in [0.15, 0.2) is 0 Å². The highest BCUT2D eigenvalue weighted by Gasteiger charge is 2.29. The number of carbonyl (C=O) groups excluding carboxylic acids is 2. The molecule has 31 heavy (non-hydrogen) atoms. The number of nitrogens with zero attached hydrogens (tertiary/aromatic N) is 1. The molecule has 1 saturated carbocycles. The molecule has 2 amide bonds. The number of nitrogens with one attached hydrogen (secondary N) is 2. The summed E-state index contributed by atoms with van der Waals surface area (Å²) in [7, 11) is -3.64. The fraction of sp³-hybridized carbons (Fsp3) is 0.364. The van der Waals surface area contributed by atoms with Gasteiger partial charge in [-0.2, -0.15) is 0 Å². The lowest BCUT2D eigenvalue weighted by Gasteiger charge is -2.32. The van der Waals surface area contributed by atoms with Crippen molar-refractivity contribution in [3.05, 3.63) is 65.5 Å². The van der Waals surface area contributed by atoms with Gasteiger partial charge in [-0.3, -0.25) is 9.59 Å². The van der Waals surface area contributed by atoms with E-state index in [2.05, 4.69) is 10.0 Å². The van der Waals surface area contributed by atoms with E-state index in [4.69, 9.17) is 0 Å². The predicted octanol–water partition coefficient (Wildman–Crippen LogP) is 2.30. The molecule has 0 unspecified atom stereocenters. The number of likely N-dealkylation sites (tertiary alicyclic amines) is 1. The van der Waals surface area contributed by atoms with Gasteiger partial charge >= 0.3 is 0 Å². The highest BCUT2D eigenvalue weighted by molar-refractivity contribution is 7.89. The minimum absolute atomic E-state index is 0.0141. The standard InChI is InChI=1S/C22H24FN3O4S/c23-20-7-2-1-6-19(20)22(28)26-12-10-16(11-13-26)24-21(27)15-4-3-5-18(14-15)31(29,30)25-17-8-9-17/h1-7,14,16-17,25H,8-13H2,(H,24,27). The number of halogens is 1. The minimum atomic E-state index is -3.64. The van der Waals surface area contributed by atoms with Crippen molar-refractivity contribution < 1.29 is 22.4 Å².